The maximum Gasteiger partial charge on any atom is 0.411 e. The van der Waals surface area contributed by atoms with Crippen molar-refractivity contribution in [3.05, 3.63) is 268 Å². The van der Waals surface area contributed by atoms with Crippen LogP contribution in [-0.4, -0.2) is 166 Å². The molecule has 0 bridgehead atoms. The molecule has 1 aromatic rings. The third kappa shape index (κ3) is 52.5. The van der Waals surface area contributed by atoms with Gasteiger partial charge in [-0.3, -0.25) is 48.5 Å². The van der Waals surface area contributed by atoms with Crippen molar-refractivity contribution < 1.29 is 110 Å². The molecule has 13 atom stereocenters. The fraction of sp³-hybridized carbons (Fsp3) is 0.459. The Morgan fingerprint density at radius 3 is 0.931 bits per heavy atom. The third-order valence-electron chi connectivity index (χ3n) is 21.9. The lowest BCUT2D eigenvalue weighted by Gasteiger charge is -2.29. The molecule has 4 aliphatic rings. The van der Waals surface area contributed by atoms with Crippen LogP contribution in [0.2, 0.25) is 0 Å². The first-order valence-electron chi connectivity index (χ1n) is 47.7. The van der Waals surface area contributed by atoms with Gasteiger partial charge in [-0.25, -0.2) is 24.0 Å². The van der Waals surface area contributed by atoms with E-state index in [0.717, 1.165) is 22.3 Å². The van der Waals surface area contributed by atoms with E-state index in [1.54, 1.807) is 135 Å². The molecule has 11 N–H and O–H groups in total. The number of hydrogen-bond acceptors (Lipinski definition) is 23. The summed E-state index contributed by atoms with van der Waals surface area (Å²) in [6.07, 6.45) is 51.7. The van der Waals surface area contributed by atoms with Crippen LogP contribution in [0, 0.1) is 45.3 Å². The number of Topliss-reactive ketones (excluding diaryl/α,β-unsaturated/α-hetero) is 1. The minimum absolute atomic E-state index is 0.00886. The Kier molecular flexibility index (Phi) is 57.0. The molecular weight excluding hydrogens is 1900 g/mol. The lowest BCUT2D eigenvalue weighted by atomic mass is 9.86. The van der Waals surface area contributed by atoms with Gasteiger partial charge in [0.2, 0.25) is 47.3 Å². The number of allylic oxidation sites excluding steroid dienone is 20. The van der Waals surface area contributed by atoms with Crippen molar-refractivity contribution in [1.29, 1.82) is 0 Å². The number of hydrogen-bond donors (Lipinski definition) is 9. The molecule has 32 nitrogen and oxygen atoms in total. The summed E-state index contributed by atoms with van der Waals surface area (Å²) >= 11 is 11.7. The van der Waals surface area contributed by atoms with Crippen molar-refractivity contribution in [3.63, 3.8) is 0 Å². The highest BCUT2D eigenvalue weighted by Gasteiger charge is 2.37. The molecule has 0 aliphatic carbocycles. The van der Waals surface area contributed by atoms with E-state index in [4.69, 9.17) is 77.3 Å². The molecule has 0 saturated heterocycles. The number of ketones is 1. The number of cyclic esters (lactones) is 4. The molecule has 0 radical (unpaired) electrons. The van der Waals surface area contributed by atoms with Gasteiger partial charge >= 0.3 is 30.0 Å². The third-order valence-corrected chi connectivity index (χ3v) is 22.2. The number of nitrogens with one attached hydrogen (secondary N) is 7. The zero-order valence-corrected chi connectivity index (χ0v) is 90.2. The average molecular weight is 2050 g/mol. The number of ether oxygens (including phenoxy) is 9. The summed E-state index contributed by atoms with van der Waals surface area (Å²) < 4.78 is 47.1. The van der Waals surface area contributed by atoms with E-state index in [1.807, 2.05) is 193 Å². The first kappa shape index (κ1) is 127. The number of benzene rings is 1. The SMILES string of the molecule is COC1=CC[C@@H]([C@@H](C)/C=C(C)/C=C\C=C/C(=O)NC(C(N)=O)C(C)(C)C)OC1=O.COC1=CC[C@@H]([C@@H](C)/C=C(C)/C=C\C=C/C(=O)N[C@H](C(=O)N/C=C\CC(=O)C/C=C(\C)Cl)C(C)(C)C)OC1=O.COC1=CC[C@@H]([C@@H](C)/C=C(C)/C=C\C=C/C(=O)N[C@H](C(=O)N/C=C\C[C@H](C/C=C(\C)Cl)OC(=O)Nc2ccccc2)C(C)(C)C)OC1=O.COC1=CC[C@@H]([C@@H](C)/C=C(C)/C=C\C=C/C(=O)N[C@H](C(N)=O)C(C)(C)C)OC1=O. The van der Waals surface area contributed by atoms with Crippen molar-refractivity contribution in [2.45, 2.75) is 258 Å². The van der Waals surface area contributed by atoms with E-state index in [0.29, 0.717) is 54.3 Å². The van der Waals surface area contributed by atoms with Gasteiger partial charge in [0.15, 0.2) is 23.0 Å². The number of carbonyl (C=O) groups excluding carboxylic acids is 14. The lowest BCUT2D eigenvalue weighted by Crippen LogP contribution is -2.52. The molecule has 145 heavy (non-hydrogen) atoms. The molecule has 0 aromatic heterocycles. The van der Waals surface area contributed by atoms with Gasteiger partial charge < -0.3 is 86.0 Å². The quantitative estimate of drug-likeness (QED) is 0.0127. The van der Waals surface area contributed by atoms with Crippen LogP contribution < -0.4 is 48.7 Å². The topological polar surface area (TPSA) is 458 Å². The highest BCUT2D eigenvalue weighted by molar-refractivity contribution is 6.29. The molecule has 34 heteroatoms. The van der Waals surface area contributed by atoms with E-state index in [9.17, 15) is 67.1 Å². The summed E-state index contributed by atoms with van der Waals surface area (Å²) in [7, 11) is 5.75. The first-order chi connectivity index (χ1) is 67.8. The average Bonchev–Trinajstić information content (AvgIpc) is 0.890. The zero-order valence-electron chi connectivity index (χ0n) is 88.7. The fourth-order valence-corrected chi connectivity index (χ4v) is 14.1. The Bertz CT molecular complexity index is 5120. The van der Waals surface area contributed by atoms with E-state index < -0.39 is 123 Å². The van der Waals surface area contributed by atoms with Crippen molar-refractivity contribution in [2.75, 3.05) is 33.8 Å². The van der Waals surface area contributed by atoms with Crippen LogP contribution in [0.3, 0.4) is 0 Å². The first-order valence-corrected chi connectivity index (χ1v) is 48.4. The van der Waals surface area contributed by atoms with E-state index in [-0.39, 0.29) is 95.7 Å². The summed E-state index contributed by atoms with van der Waals surface area (Å²) in [5.74, 6) is -4.47. The summed E-state index contributed by atoms with van der Waals surface area (Å²) in [4.78, 5) is 170. The van der Waals surface area contributed by atoms with Gasteiger partial charge in [-0.15, -0.1) is 0 Å². The number of anilines is 1. The van der Waals surface area contributed by atoms with Crippen molar-refractivity contribution in [2.24, 2.45) is 56.8 Å². The number of methoxy groups -OCH3 is 4. The summed E-state index contributed by atoms with van der Waals surface area (Å²) in [5.41, 5.74) is 13.0. The van der Waals surface area contributed by atoms with E-state index in [2.05, 4.69) is 37.2 Å². The molecule has 1 aromatic carbocycles. The van der Waals surface area contributed by atoms with Crippen LogP contribution in [0.4, 0.5) is 10.5 Å². The minimum Gasteiger partial charge on any atom is -0.490 e. The van der Waals surface area contributed by atoms with Crippen molar-refractivity contribution >= 4 is 112 Å². The summed E-state index contributed by atoms with van der Waals surface area (Å²) in [5, 5.41) is 19.9. The highest BCUT2D eigenvalue weighted by Crippen LogP contribution is 2.30. The molecule has 0 saturated carbocycles. The number of amides is 9. The normalized spacial score (nSPS) is 19.0. The number of esters is 4. The van der Waals surface area contributed by atoms with Crippen molar-refractivity contribution in [1.82, 2.24) is 31.9 Å². The number of primary amides is 2. The van der Waals surface area contributed by atoms with E-state index in [1.165, 1.54) is 65.1 Å². The fourth-order valence-electron chi connectivity index (χ4n) is 13.9. The van der Waals surface area contributed by atoms with Gasteiger partial charge in [-0.05, 0) is 106 Å². The Morgan fingerprint density at radius 2 is 0.669 bits per heavy atom. The number of carbonyl (C=O) groups is 14. The summed E-state index contributed by atoms with van der Waals surface area (Å²) in [6.45, 7) is 41.1. The molecule has 5 rings (SSSR count). The number of rotatable bonds is 44. The maximum atomic E-state index is 13.1. The van der Waals surface area contributed by atoms with Crippen molar-refractivity contribution in [3.8, 4) is 0 Å². The molecule has 4 heterocycles. The summed E-state index contributed by atoms with van der Waals surface area (Å²) in [6, 6.07) is 5.82. The van der Waals surface area contributed by atoms with Gasteiger partial charge in [0.25, 0.3) is 0 Å². The maximum absolute atomic E-state index is 13.1. The highest BCUT2D eigenvalue weighted by atomic mass is 35.5. The van der Waals surface area contributed by atoms with Gasteiger partial charge in [-0.1, -0.05) is 296 Å². The molecule has 4 aliphatic heterocycles. The van der Waals surface area contributed by atoms with E-state index >= 15 is 0 Å². The van der Waals surface area contributed by atoms with Gasteiger partial charge in [0.05, 0.1) is 28.4 Å². The number of halogens is 2. The van der Waals surface area contributed by atoms with Gasteiger partial charge in [-0.2, -0.15) is 0 Å². The van der Waals surface area contributed by atoms with Gasteiger partial charge in [0.1, 0.15) is 60.5 Å². The standard InChI is InChI=1S/C37H48ClN3O7.C30H41ClN2O6.2C22H32N2O5/c1-25(24-26(2)30-21-22-31(46-7)35(44)48-30)14-11-12-18-32(42)41-33(37(4,5)6)34(43)39-23-13-17-29(20-19-27(3)38)47-36(45)40-28-15-9-8-10-16-28;1-20(19-21(2)24-16-17-25(38-7)29(37)39-24)11-8-9-13-26(35)33-27(30(4,5)6)28(36)32-18-10-12-23(34)15-14-22(3)31;2*1-14(13-15(2)16-11-12-17(28-6)21(27)29-16)9-7-8-10-18(25)24-19(20(23)26)22(3,4)5/h8-16,18-19,22-24,26,29-30,33H,17,20-21H2,1-7H3,(H,39,43)(H,40,45)(H,41,42);8-11,13-14,17-19,21,24,27H,12,15-16H2,1-7H3,(H,32,36)(H,33,35);2*7-10,12-13,15-16,19H,11H2,1-6H3,(H2,23,26)(H,24,25)/b14-11-,18-12-,23-13-,25-24+,27-19+;11-8-,13-9-,18-10-,20-19+,22-14+;2*9-7-,10-8-,14-13+/t26-,29+,30-,33+;21-,24-,27+;15-,16-,19?;15-,16-,19+/m0000/s1. The Morgan fingerprint density at radius 1 is 0.393 bits per heavy atom. The molecule has 794 valence electrons. The molecule has 9 amide bonds. The number of nitrogens with two attached hydrogens (primary N) is 2. The second-order valence-corrected chi connectivity index (χ2v) is 40.3. The minimum atomic E-state index is -0.831. The Hall–Kier alpha value is -13.6. The van der Waals surface area contributed by atoms with Crippen LogP contribution in [0.25, 0.3) is 0 Å². The Labute approximate surface area is 865 Å². The van der Waals surface area contributed by atoms with Gasteiger partial charge in [0, 0.05) is 121 Å². The smallest absolute Gasteiger partial charge is 0.411 e. The zero-order chi connectivity index (χ0) is 110. The van der Waals surface area contributed by atoms with Crippen LogP contribution in [0.15, 0.2) is 268 Å². The molecule has 1 unspecified atom stereocenters. The van der Waals surface area contributed by atoms with Crippen LogP contribution in [-0.2, 0) is 105 Å². The Balaban J connectivity index is 0.000000668. The molecule has 0 spiro atoms. The monoisotopic (exact) mass is 2050 g/mol. The lowest BCUT2D eigenvalue weighted by molar-refractivity contribution is -0.152. The predicted molar refractivity (Wildman–Crippen MR) is 565 cm³/mol. The molecular formula is C111H153Cl2N9O23. The van der Waals surface area contributed by atoms with Crippen LogP contribution >= 0.6 is 23.2 Å². The van der Waals surface area contributed by atoms with Crippen LogP contribution in [0.1, 0.15) is 204 Å². The molecule has 0 fully saturated rings. The predicted octanol–water partition coefficient (Wildman–Crippen LogP) is 17.5. The van der Waals surface area contributed by atoms with Crippen LogP contribution in [0.5, 0.6) is 0 Å². The second kappa shape index (κ2) is 64.9. The largest absolute Gasteiger partial charge is 0.490 e. The number of para-hydroxylation sites is 1. The second-order valence-electron chi connectivity index (χ2n) is 39.1.